The fourth-order valence-electron chi connectivity index (χ4n) is 2.43. The molecule has 1 saturated carbocycles. The second-order valence-electron chi connectivity index (χ2n) is 4.92. The monoisotopic (exact) mass is 263 g/mol. The Bertz CT molecular complexity index is 467. The Hall–Kier alpha value is -1.91. The van der Waals surface area contributed by atoms with Crippen LogP contribution in [0.25, 0.3) is 0 Å². The van der Waals surface area contributed by atoms with Gasteiger partial charge in [-0.05, 0) is 30.9 Å². The summed E-state index contributed by atoms with van der Waals surface area (Å²) in [6.07, 6.45) is 6.53. The highest BCUT2D eigenvalue weighted by Gasteiger charge is 2.19. The van der Waals surface area contributed by atoms with Crippen molar-refractivity contribution < 1.29 is 14.5 Å². The molecule has 1 fully saturated rings. The second-order valence-corrected chi connectivity index (χ2v) is 4.92. The molecule has 5 nitrogen and oxygen atoms in total. The maximum atomic E-state index is 11.0. The summed E-state index contributed by atoms with van der Waals surface area (Å²) >= 11 is 0. The highest BCUT2D eigenvalue weighted by Crippen LogP contribution is 2.30. The van der Waals surface area contributed by atoms with Crippen molar-refractivity contribution in [2.75, 3.05) is 6.61 Å². The van der Waals surface area contributed by atoms with Gasteiger partial charge in [-0.2, -0.15) is 0 Å². The summed E-state index contributed by atoms with van der Waals surface area (Å²) in [4.78, 5) is 21.1. The van der Waals surface area contributed by atoms with Crippen LogP contribution in [0.15, 0.2) is 18.2 Å². The molecule has 0 saturated heterocycles. The number of carbonyl (C=O) groups is 1. The number of nitrogens with zero attached hydrogens (tertiary/aromatic N) is 1. The number of hydrogen-bond acceptors (Lipinski definition) is 4. The lowest BCUT2D eigenvalue weighted by Gasteiger charge is -2.21. The number of benzene rings is 1. The molecule has 1 aromatic rings. The van der Waals surface area contributed by atoms with Crippen LogP contribution in [-0.4, -0.2) is 17.8 Å². The van der Waals surface area contributed by atoms with Gasteiger partial charge in [0, 0.05) is 11.6 Å². The van der Waals surface area contributed by atoms with Crippen LogP contribution in [-0.2, 0) is 0 Å². The Labute approximate surface area is 111 Å². The van der Waals surface area contributed by atoms with E-state index in [4.69, 9.17) is 4.74 Å². The molecule has 0 spiro atoms. The van der Waals surface area contributed by atoms with Crippen LogP contribution in [0.5, 0.6) is 5.75 Å². The molecule has 0 aromatic heterocycles. The molecular formula is C14H17NO4. The minimum absolute atomic E-state index is 0.139. The molecule has 5 heteroatoms. The third-order valence-electron chi connectivity index (χ3n) is 3.52. The topological polar surface area (TPSA) is 69.4 Å². The summed E-state index contributed by atoms with van der Waals surface area (Å²) in [5.41, 5.74) is 0.150. The van der Waals surface area contributed by atoms with Gasteiger partial charge in [-0.3, -0.25) is 14.9 Å². The van der Waals surface area contributed by atoms with Gasteiger partial charge >= 0.3 is 5.69 Å². The first kappa shape index (κ1) is 13.5. The van der Waals surface area contributed by atoms with Gasteiger partial charge in [-0.15, -0.1) is 0 Å². The maximum Gasteiger partial charge on any atom is 0.311 e. The van der Waals surface area contributed by atoms with Crippen LogP contribution in [0, 0.1) is 16.0 Å². The molecule has 0 unspecified atom stereocenters. The molecule has 0 bridgehead atoms. The Morgan fingerprint density at radius 3 is 2.68 bits per heavy atom. The summed E-state index contributed by atoms with van der Waals surface area (Å²) in [6.45, 7) is 0.515. The van der Waals surface area contributed by atoms with Crippen molar-refractivity contribution >= 4 is 12.0 Å². The smallest absolute Gasteiger partial charge is 0.311 e. The largest absolute Gasteiger partial charge is 0.487 e. The van der Waals surface area contributed by atoms with Gasteiger partial charge in [0.05, 0.1) is 11.5 Å². The van der Waals surface area contributed by atoms with Crippen molar-refractivity contribution in [2.45, 2.75) is 32.1 Å². The molecule has 0 aliphatic heterocycles. The molecular weight excluding hydrogens is 246 g/mol. The highest BCUT2D eigenvalue weighted by molar-refractivity contribution is 5.77. The summed E-state index contributed by atoms with van der Waals surface area (Å²) in [6, 6.07) is 4.30. The number of carbonyl (C=O) groups excluding carboxylic acids is 1. The van der Waals surface area contributed by atoms with Crippen molar-refractivity contribution in [1.29, 1.82) is 0 Å². The predicted octanol–water partition coefficient (Wildman–Crippen LogP) is 3.37. The molecule has 1 aliphatic rings. The number of nitro groups is 1. The van der Waals surface area contributed by atoms with Crippen LogP contribution in [0.1, 0.15) is 42.5 Å². The zero-order valence-corrected chi connectivity index (χ0v) is 10.7. The summed E-state index contributed by atoms with van der Waals surface area (Å²) in [5.74, 6) is 0.736. The zero-order chi connectivity index (χ0) is 13.7. The summed E-state index contributed by atoms with van der Waals surface area (Å²) < 4.78 is 5.58. The van der Waals surface area contributed by atoms with Crippen LogP contribution >= 0.6 is 0 Å². The third kappa shape index (κ3) is 3.53. The first-order valence-corrected chi connectivity index (χ1v) is 6.57. The van der Waals surface area contributed by atoms with Crippen molar-refractivity contribution in [3.8, 4) is 5.75 Å². The first-order chi connectivity index (χ1) is 9.20. The van der Waals surface area contributed by atoms with Gasteiger partial charge < -0.3 is 4.74 Å². The Morgan fingerprint density at radius 2 is 2.05 bits per heavy atom. The van der Waals surface area contributed by atoms with Gasteiger partial charge in [0.25, 0.3) is 0 Å². The van der Waals surface area contributed by atoms with E-state index in [2.05, 4.69) is 0 Å². The standard InChI is InChI=1S/C14H17NO4/c16-9-12-6-7-14(13(8-12)15(17)18)19-10-11-4-2-1-3-5-11/h6-9,11H,1-5,10H2. The van der Waals surface area contributed by atoms with Crippen LogP contribution in [0.4, 0.5) is 5.69 Å². The average Bonchev–Trinajstić information content (AvgIpc) is 2.46. The lowest BCUT2D eigenvalue weighted by Crippen LogP contribution is -2.15. The number of aldehydes is 1. The van der Waals surface area contributed by atoms with E-state index in [0.29, 0.717) is 18.8 Å². The molecule has 102 valence electrons. The van der Waals surface area contributed by atoms with E-state index in [1.165, 1.54) is 37.5 Å². The van der Waals surface area contributed by atoms with Crippen molar-refractivity contribution in [2.24, 2.45) is 5.92 Å². The Kier molecular flexibility index (Phi) is 4.49. The fourth-order valence-corrected chi connectivity index (χ4v) is 2.43. The summed E-state index contributed by atoms with van der Waals surface area (Å²) in [5, 5.41) is 11.0. The Morgan fingerprint density at radius 1 is 1.32 bits per heavy atom. The van der Waals surface area contributed by atoms with E-state index < -0.39 is 4.92 Å². The van der Waals surface area contributed by atoms with Crippen molar-refractivity contribution in [3.05, 3.63) is 33.9 Å². The van der Waals surface area contributed by atoms with Crippen LogP contribution in [0.3, 0.4) is 0 Å². The molecule has 19 heavy (non-hydrogen) atoms. The molecule has 0 radical (unpaired) electrons. The number of nitro benzene ring substituents is 1. The molecule has 0 amide bonds. The molecule has 0 N–H and O–H groups in total. The van der Waals surface area contributed by atoms with Gasteiger partial charge in [-0.1, -0.05) is 19.3 Å². The van der Waals surface area contributed by atoms with Crippen LogP contribution < -0.4 is 4.74 Å². The Balaban J connectivity index is 2.06. The summed E-state index contributed by atoms with van der Waals surface area (Å²) in [7, 11) is 0. The highest BCUT2D eigenvalue weighted by atomic mass is 16.6. The normalized spacial score (nSPS) is 16.0. The van der Waals surface area contributed by atoms with E-state index in [9.17, 15) is 14.9 Å². The SMILES string of the molecule is O=Cc1ccc(OCC2CCCCC2)c([N+](=O)[O-])c1. The van der Waals surface area contributed by atoms with Crippen LogP contribution in [0.2, 0.25) is 0 Å². The lowest BCUT2D eigenvalue weighted by molar-refractivity contribution is -0.385. The van der Waals surface area contributed by atoms with Gasteiger partial charge in [0.2, 0.25) is 0 Å². The molecule has 0 heterocycles. The van der Waals surface area contributed by atoms with E-state index in [0.717, 1.165) is 12.8 Å². The first-order valence-electron chi connectivity index (χ1n) is 6.57. The second kappa shape index (κ2) is 6.31. The van der Waals surface area contributed by atoms with Gasteiger partial charge in [-0.25, -0.2) is 0 Å². The van der Waals surface area contributed by atoms with Gasteiger partial charge in [0.1, 0.15) is 6.29 Å². The van der Waals surface area contributed by atoms with E-state index >= 15 is 0 Å². The molecule has 0 atom stereocenters. The lowest BCUT2D eigenvalue weighted by atomic mass is 9.90. The third-order valence-corrected chi connectivity index (χ3v) is 3.52. The van der Waals surface area contributed by atoms with Gasteiger partial charge in [0.15, 0.2) is 5.75 Å². The minimum atomic E-state index is -0.511. The van der Waals surface area contributed by atoms with E-state index in [1.807, 2.05) is 0 Å². The predicted molar refractivity (Wildman–Crippen MR) is 70.6 cm³/mol. The quantitative estimate of drug-likeness (QED) is 0.464. The van der Waals surface area contributed by atoms with E-state index in [-0.39, 0.29) is 17.0 Å². The zero-order valence-electron chi connectivity index (χ0n) is 10.7. The van der Waals surface area contributed by atoms with E-state index in [1.54, 1.807) is 0 Å². The number of rotatable bonds is 5. The molecule has 1 aliphatic carbocycles. The van der Waals surface area contributed by atoms with Crippen molar-refractivity contribution in [3.63, 3.8) is 0 Å². The average molecular weight is 263 g/mol. The maximum absolute atomic E-state index is 11.0. The number of hydrogen-bond donors (Lipinski definition) is 0. The fraction of sp³-hybridized carbons (Fsp3) is 0.500. The minimum Gasteiger partial charge on any atom is -0.487 e. The molecule has 2 rings (SSSR count). The molecule has 1 aromatic carbocycles. The number of ether oxygens (including phenoxy) is 1. The van der Waals surface area contributed by atoms with Crippen molar-refractivity contribution in [1.82, 2.24) is 0 Å².